The highest BCUT2D eigenvalue weighted by Crippen LogP contribution is 2.32. The maximum Gasteiger partial charge on any atom is 0.131 e. The summed E-state index contributed by atoms with van der Waals surface area (Å²) in [4.78, 5) is 2.19. The summed E-state index contributed by atoms with van der Waals surface area (Å²) in [5.74, 6) is 0. The third-order valence-electron chi connectivity index (χ3n) is 4.18. The zero-order chi connectivity index (χ0) is 13.2. The van der Waals surface area contributed by atoms with Crippen molar-refractivity contribution >= 4 is 0 Å². The number of aliphatic hydroxyl groups is 1. The van der Waals surface area contributed by atoms with Crippen molar-refractivity contribution < 1.29 is 14.6 Å². The summed E-state index contributed by atoms with van der Waals surface area (Å²) < 4.78 is 11.2. The normalized spacial score (nSPS) is 33.7. The fourth-order valence-corrected chi connectivity index (χ4v) is 3.17. The van der Waals surface area contributed by atoms with Gasteiger partial charge in [-0.05, 0) is 18.9 Å². The Bertz CT molecular complexity index is 411. The van der Waals surface area contributed by atoms with Crippen LogP contribution in [0.2, 0.25) is 0 Å². The second kappa shape index (κ2) is 5.59. The maximum atomic E-state index is 10.3. The average Bonchev–Trinajstić information content (AvgIpc) is 2.47. The van der Waals surface area contributed by atoms with Crippen LogP contribution in [0.5, 0.6) is 0 Å². The van der Waals surface area contributed by atoms with E-state index in [-0.39, 0.29) is 18.2 Å². The molecule has 0 amide bonds. The molecule has 2 saturated heterocycles. The molecule has 104 valence electrons. The standard InChI is InChI=1S/C15H21NO3/c1-11(12-5-3-2-4-6-12)16-13-7-8-18-9-14(13)19-10-15(16)17/h2-6,11,13-15,17H,7-10H2,1H3/t11-,13-,14+,15?/m0/s1. The van der Waals surface area contributed by atoms with E-state index in [1.54, 1.807) is 0 Å². The molecular formula is C15H21NO3. The molecule has 0 radical (unpaired) electrons. The van der Waals surface area contributed by atoms with Crippen molar-refractivity contribution in [1.29, 1.82) is 0 Å². The number of hydrogen-bond acceptors (Lipinski definition) is 4. The molecule has 3 rings (SSSR count). The predicted octanol–water partition coefficient (Wildman–Crippen LogP) is 1.56. The van der Waals surface area contributed by atoms with Crippen molar-refractivity contribution in [1.82, 2.24) is 4.90 Å². The molecule has 1 aromatic rings. The van der Waals surface area contributed by atoms with Crippen LogP contribution in [-0.4, -0.2) is 48.2 Å². The van der Waals surface area contributed by atoms with Gasteiger partial charge in [-0.1, -0.05) is 30.3 Å². The smallest absolute Gasteiger partial charge is 0.131 e. The van der Waals surface area contributed by atoms with Crippen molar-refractivity contribution in [2.45, 2.75) is 37.8 Å². The van der Waals surface area contributed by atoms with Gasteiger partial charge in [-0.25, -0.2) is 0 Å². The van der Waals surface area contributed by atoms with Crippen LogP contribution in [0.4, 0.5) is 0 Å². The van der Waals surface area contributed by atoms with Crippen LogP contribution in [-0.2, 0) is 9.47 Å². The first-order chi connectivity index (χ1) is 9.27. The van der Waals surface area contributed by atoms with E-state index in [2.05, 4.69) is 24.0 Å². The van der Waals surface area contributed by atoms with E-state index in [1.165, 1.54) is 5.56 Å². The molecule has 0 bridgehead atoms. The van der Waals surface area contributed by atoms with E-state index in [4.69, 9.17) is 9.47 Å². The molecule has 2 aliphatic rings. The Morgan fingerprint density at radius 1 is 1.26 bits per heavy atom. The van der Waals surface area contributed by atoms with Crippen LogP contribution in [0.25, 0.3) is 0 Å². The summed E-state index contributed by atoms with van der Waals surface area (Å²) in [6, 6.07) is 10.8. The van der Waals surface area contributed by atoms with Gasteiger partial charge < -0.3 is 14.6 Å². The van der Waals surface area contributed by atoms with Crippen molar-refractivity contribution in [3.63, 3.8) is 0 Å². The highest BCUT2D eigenvalue weighted by Gasteiger charge is 2.41. The van der Waals surface area contributed by atoms with Gasteiger partial charge in [0.05, 0.1) is 19.3 Å². The monoisotopic (exact) mass is 263 g/mol. The quantitative estimate of drug-likeness (QED) is 0.879. The van der Waals surface area contributed by atoms with Gasteiger partial charge in [-0.2, -0.15) is 0 Å². The second-order valence-corrected chi connectivity index (χ2v) is 5.32. The molecule has 4 nitrogen and oxygen atoms in total. The average molecular weight is 263 g/mol. The number of aliphatic hydroxyl groups excluding tert-OH is 1. The summed E-state index contributed by atoms with van der Waals surface area (Å²) >= 11 is 0. The third-order valence-corrected chi connectivity index (χ3v) is 4.18. The number of benzene rings is 1. The Hall–Kier alpha value is -0.940. The van der Waals surface area contributed by atoms with E-state index in [9.17, 15) is 5.11 Å². The van der Waals surface area contributed by atoms with Gasteiger partial charge in [0.25, 0.3) is 0 Å². The summed E-state index contributed by atoms with van der Waals surface area (Å²) in [5, 5.41) is 10.3. The molecule has 4 atom stereocenters. The SMILES string of the molecule is C[C@@H](c1ccccc1)N1C(O)CO[C@@H]2COCC[C@@H]21. The van der Waals surface area contributed by atoms with Crippen LogP contribution in [0.15, 0.2) is 30.3 Å². The Labute approximate surface area is 113 Å². The third kappa shape index (κ3) is 2.54. The van der Waals surface area contributed by atoms with Gasteiger partial charge in [-0.3, -0.25) is 4.90 Å². The van der Waals surface area contributed by atoms with Crippen LogP contribution in [0.3, 0.4) is 0 Å². The molecule has 1 unspecified atom stereocenters. The molecule has 19 heavy (non-hydrogen) atoms. The zero-order valence-electron chi connectivity index (χ0n) is 11.2. The number of ether oxygens (including phenoxy) is 2. The lowest BCUT2D eigenvalue weighted by molar-refractivity contribution is -0.215. The summed E-state index contributed by atoms with van der Waals surface area (Å²) in [6.07, 6.45) is 0.469. The topological polar surface area (TPSA) is 41.9 Å². The highest BCUT2D eigenvalue weighted by molar-refractivity contribution is 5.19. The molecule has 0 aliphatic carbocycles. The fourth-order valence-electron chi connectivity index (χ4n) is 3.17. The molecule has 0 saturated carbocycles. The first kappa shape index (κ1) is 13.1. The van der Waals surface area contributed by atoms with Crippen molar-refractivity contribution in [3.8, 4) is 0 Å². The van der Waals surface area contributed by atoms with Gasteiger partial charge in [0.2, 0.25) is 0 Å². The maximum absolute atomic E-state index is 10.3. The van der Waals surface area contributed by atoms with E-state index in [1.807, 2.05) is 18.2 Å². The van der Waals surface area contributed by atoms with Crippen molar-refractivity contribution in [2.75, 3.05) is 19.8 Å². The predicted molar refractivity (Wildman–Crippen MR) is 71.7 cm³/mol. The lowest BCUT2D eigenvalue weighted by atomic mass is 9.97. The summed E-state index contributed by atoms with van der Waals surface area (Å²) in [7, 11) is 0. The molecule has 0 aromatic heterocycles. The molecular weight excluding hydrogens is 242 g/mol. The molecule has 1 N–H and O–H groups in total. The highest BCUT2D eigenvalue weighted by atomic mass is 16.5. The molecule has 2 fully saturated rings. The minimum atomic E-state index is -0.533. The fraction of sp³-hybridized carbons (Fsp3) is 0.600. The number of fused-ring (bicyclic) bond motifs is 1. The van der Waals surface area contributed by atoms with E-state index >= 15 is 0 Å². The molecule has 0 spiro atoms. The van der Waals surface area contributed by atoms with Crippen molar-refractivity contribution in [3.05, 3.63) is 35.9 Å². The lowest BCUT2D eigenvalue weighted by Crippen LogP contribution is -2.60. The summed E-state index contributed by atoms with van der Waals surface area (Å²) in [6.45, 7) is 3.89. The minimum absolute atomic E-state index is 0.0864. The van der Waals surface area contributed by atoms with E-state index in [0.717, 1.165) is 13.0 Å². The molecule has 4 heteroatoms. The largest absolute Gasteiger partial charge is 0.379 e. The lowest BCUT2D eigenvalue weighted by Gasteiger charge is -2.48. The van der Waals surface area contributed by atoms with E-state index in [0.29, 0.717) is 13.2 Å². The number of rotatable bonds is 2. The van der Waals surface area contributed by atoms with Gasteiger partial charge in [0.1, 0.15) is 6.23 Å². The molecule has 2 heterocycles. The van der Waals surface area contributed by atoms with Gasteiger partial charge >= 0.3 is 0 Å². The number of nitrogens with zero attached hydrogens (tertiary/aromatic N) is 1. The summed E-state index contributed by atoms with van der Waals surface area (Å²) in [5.41, 5.74) is 1.23. The Morgan fingerprint density at radius 3 is 2.84 bits per heavy atom. The van der Waals surface area contributed by atoms with Crippen molar-refractivity contribution in [2.24, 2.45) is 0 Å². The van der Waals surface area contributed by atoms with Gasteiger partial charge in [-0.15, -0.1) is 0 Å². The zero-order valence-corrected chi connectivity index (χ0v) is 11.2. The molecule has 1 aromatic carbocycles. The molecule has 2 aliphatic heterocycles. The minimum Gasteiger partial charge on any atom is -0.379 e. The Morgan fingerprint density at radius 2 is 2.05 bits per heavy atom. The van der Waals surface area contributed by atoms with Crippen LogP contribution >= 0.6 is 0 Å². The Balaban J connectivity index is 1.83. The number of morpholine rings is 1. The second-order valence-electron chi connectivity index (χ2n) is 5.32. The van der Waals surface area contributed by atoms with Crippen LogP contribution in [0.1, 0.15) is 24.9 Å². The van der Waals surface area contributed by atoms with Gasteiger partial charge in [0.15, 0.2) is 0 Å². The van der Waals surface area contributed by atoms with Crippen LogP contribution in [0, 0.1) is 0 Å². The first-order valence-electron chi connectivity index (χ1n) is 6.97. The van der Waals surface area contributed by atoms with E-state index < -0.39 is 6.23 Å². The van der Waals surface area contributed by atoms with Gasteiger partial charge in [0, 0.05) is 18.7 Å². The first-order valence-corrected chi connectivity index (χ1v) is 6.97. The Kier molecular flexibility index (Phi) is 3.84. The number of hydrogen-bond donors (Lipinski definition) is 1. The van der Waals surface area contributed by atoms with Crippen LogP contribution < -0.4 is 0 Å².